The predicted molar refractivity (Wildman–Crippen MR) is 73.7 cm³/mol. The van der Waals surface area contributed by atoms with Crippen LogP contribution in [-0.2, 0) is 9.59 Å². The molecule has 1 unspecified atom stereocenters. The highest BCUT2D eigenvalue weighted by atomic mass is 16.3. The van der Waals surface area contributed by atoms with Crippen molar-refractivity contribution in [2.75, 3.05) is 11.9 Å². The highest BCUT2D eigenvalue weighted by molar-refractivity contribution is 6.39. The van der Waals surface area contributed by atoms with E-state index in [2.05, 4.69) is 10.6 Å². The highest BCUT2D eigenvalue weighted by Gasteiger charge is 2.17. The first-order valence-electron chi connectivity index (χ1n) is 6.36. The zero-order chi connectivity index (χ0) is 14.3. The number of amides is 2. The molecule has 1 aromatic carbocycles. The number of carbonyl (C=O) groups excluding carboxylic acids is 2. The molecule has 0 fully saturated rings. The van der Waals surface area contributed by atoms with Crippen molar-refractivity contribution >= 4 is 17.5 Å². The van der Waals surface area contributed by atoms with Crippen LogP contribution in [0, 0.1) is 6.92 Å². The zero-order valence-electron chi connectivity index (χ0n) is 11.3. The minimum absolute atomic E-state index is 0.0156. The Balaban J connectivity index is 2.55. The van der Waals surface area contributed by atoms with E-state index in [0.29, 0.717) is 18.5 Å². The first-order chi connectivity index (χ1) is 9.06. The Hall–Kier alpha value is -1.88. The molecule has 0 radical (unpaired) electrons. The molecule has 5 nitrogen and oxygen atoms in total. The van der Waals surface area contributed by atoms with Crippen LogP contribution in [0.25, 0.3) is 0 Å². The van der Waals surface area contributed by atoms with E-state index in [0.717, 1.165) is 5.56 Å². The fourth-order valence-corrected chi connectivity index (χ4v) is 1.70. The van der Waals surface area contributed by atoms with Crippen molar-refractivity contribution in [2.24, 2.45) is 0 Å². The summed E-state index contributed by atoms with van der Waals surface area (Å²) in [6, 6.07) is 7.05. The first kappa shape index (κ1) is 15.2. The van der Waals surface area contributed by atoms with Crippen LogP contribution in [0.1, 0.15) is 25.3 Å². The van der Waals surface area contributed by atoms with E-state index in [1.54, 1.807) is 12.1 Å². The number of aliphatic hydroxyl groups excluding tert-OH is 1. The van der Waals surface area contributed by atoms with Crippen LogP contribution >= 0.6 is 0 Å². The van der Waals surface area contributed by atoms with Gasteiger partial charge < -0.3 is 15.7 Å². The van der Waals surface area contributed by atoms with Gasteiger partial charge in [-0.1, -0.05) is 19.1 Å². The summed E-state index contributed by atoms with van der Waals surface area (Å²) in [7, 11) is 0. The lowest BCUT2D eigenvalue weighted by molar-refractivity contribution is -0.136. The summed E-state index contributed by atoms with van der Waals surface area (Å²) in [5.41, 5.74) is 1.60. The maximum atomic E-state index is 11.7. The summed E-state index contributed by atoms with van der Waals surface area (Å²) in [5, 5.41) is 14.0. The second-order valence-corrected chi connectivity index (χ2v) is 4.41. The van der Waals surface area contributed by atoms with Crippen LogP contribution in [0.4, 0.5) is 5.69 Å². The quantitative estimate of drug-likeness (QED) is 0.699. The molecular weight excluding hydrogens is 244 g/mol. The van der Waals surface area contributed by atoms with Crippen molar-refractivity contribution in [3.63, 3.8) is 0 Å². The number of aryl methyl sites for hydroxylation is 1. The van der Waals surface area contributed by atoms with E-state index in [1.807, 2.05) is 26.0 Å². The van der Waals surface area contributed by atoms with Gasteiger partial charge in [0.2, 0.25) is 0 Å². The van der Waals surface area contributed by atoms with Gasteiger partial charge in [-0.3, -0.25) is 9.59 Å². The van der Waals surface area contributed by atoms with E-state index in [9.17, 15) is 9.59 Å². The van der Waals surface area contributed by atoms with Gasteiger partial charge in [-0.25, -0.2) is 0 Å². The Labute approximate surface area is 113 Å². The minimum Gasteiger partial charge on any atom is -0.396 e. The Morgan fingerprint density at radius 2 is 2.05 bits per heavy atom. The molecule has 1 aromatic rings. The monoisotopic (exact) mass is 264 g/mol. The third-order valence-electron chi connectivity index (χ3n) is 2.79. The first-order valence-corrected chi connectivity index (χ1v) is 6.36. The summed E-state index contributed by atoms with van der Waals surface area (Å²) < 4.78 is 0. The molecule has 0 saturated carbocycles. The molecule has 19 heavy (non-hydrogen) atoms. The molecule has 0 aliphatic rings. The number of hydrogen-bond donors (Lipinski definition) is 3. The van der Waals surface area contributed by atoms with Gasteiger partial charge in [0.1, 0.15) is 0 Å². The van der Waals surface area contributed by atoms with Crippen LogP contribution in [0.2, 0.25) is 0 Å². The smallest absolute Gasteiger partial charge is 0.313 e. The molecule has 2 amide bonds. The number of carbonyl (C=O) groups is 2. The normalized spacial score (nSPS) is 11.7. The molecule has 1 atom stereocenters. The summed E-state index contributed by atoms with van der Waals surface area (Å²) in [5.74, 6) is -1.37. The van der Waals surface area contributed by atoms with Crippen LogP contribution in [0.5, 0.6) is 0 Å². The molecule has 3 N–H and O–H groups in total. The standard InChI is InChI=1S/C14H20N2O3/c1-3-11(7-8-17)15-13(18)14(19)16-12-6-4-5-10(2)9-12/h4-6,9,11,17H,3,7-8H2,1-2H3,(H,15,18)(H,16,19). The van der Waals surface area contributed by atoms with Crippen molar-refractivity contribution in [3.8, 4) is 0 Å². The number of nitrogens with one attached hydrogen (secondary N) is 2. The van der Waals surface area contributed by atoms with Gasteiger partial charge >= 0.3 is 11.8 Å². The van der Waals surface area contributed by atoms with Crippen LogP contribution < -0.4 is 10.6 Å². The average molecular weight is 264 g/mol. The molecule has 0 aromatic heterocycles. The van der Waals surface area contributed by atoms with Crippen LogP contribution in [0.3, 0.4) is 0 Å². The lowest BCUT2D eigenvalue weighted by Gasteiger charge is -2.15. The van der Waals surface area contributed by atoms with Crippen molar-refractivity contribution in [1.29, 1.82) is 0 Å². The molecule has 0 heterocycles. The van der Waals surface area contributed by atoms with Crippen LogP contribution in [0.15, 0.2) is 24.3 Å². The largest absolute Gasteiger partial charge is 0.396 e. The van der Waals surface area contributed by atoms with E-state index >= 15 is 0 Å². The van der Waals surface area contributed by atoms with E-state index < -0.39 is 11.8 Å². The topological polar surface area (TPSA) is 78.4 Å². The third-order valence-corrected chi connectivity index (χ3v) is 2.79. The van der Waals surface area contributed by atoms with Crippen LogP contribution in [-0.4, -0.2) is 29.6 Å². The Morgan fingerprint density at radius 1 is 1.32 bits per heavy atom. The Bertz CT molecular complexity index is 446. The van der Waals surface area contributed by atoms with Crippen molar-refractivity contribution in [3.05, 3.63) is 29.8 Å². The maximum absolute atomic E-state index is 11.7. The van der Waals surface area contributed by atoms with Gasteiger partial charge in [0.05, 0.1) is 0 Å². The lowest BCUT2D eigenvalue weighted by Crippen LogP contribution is -2.42. The Morgan fingerprint density at radius 3 is 2.63 bits per heavy atom. The molecular formula is C14H20N2O3. The molecule has 0 bridgehead atoms. The second-order valence-electron chi connectivity index (χ2n) is 4.41. The highest BCUT2D eigenvalue weighted by Crippen LogP contribution is 2.09. The van der Waals surface area contributed by atoms with Crippen molar-refractivity contribution in [2.45, 2.75) is 32.7 Å². The molecule has 0 saturated heterocycles. The molecule has 0 aliphatic heterocycles. The molecule has 1 rings (SSSR count). The summed E-state index contributed by atoms with van der Waals surface area (Å²) in [6.45, 7) is 3.78. The van der Waals surface area contributed by atoms with Gasteiger partial charge in [0, 0.05) is 18.3 Å². The average Bonchev–Trinajstić information content (AvgIpc) is 2.38. The number of anilines is 1. The molecule has 5 heteroatoms. The van der Waals surface area contributed by atoms with E-state index in [4.69, 9.17) is 5.11 Å². The zero-order valence-corrected chi connectivity index (χ0v) is 11.3. The van der Waals surface area contributed by atoms with Gasteiger partial charge in [-0.15, -0.1) is 0 Å². The number of rotatable bonds is 5. The van der Waals surface area contributed by atoms with Gasteiger partial charge in [-0.2, -0.15) is 0 Å². The third kappa shape index (κ3) is 5.09. The number of hydrogen-bond acceptors (Lipinski definition) is 3. The van der Waals surface area contributed by atoms with Crippen molar-refractivity contribution < 1.29 is 14.7 Å². The van der Waals surface area contributed by atoms with E-state index in [1.165, 1.54) is 0 Å². The van der Waals surface area contributed by atoms with Gasteiger partial charge in [-0.05, 0) is 37.5 Å². The fourth-order valence-electron chi connectivity index (χ4n) is 1.70. The maximum Gasteiger partial charge on any atom is 0.313 e. The van der Waals surface area contributed by atoms with Gasteiger partial charge in [0.25, 0.3) is 0 Å². The number of aliphatic hydroxyl groups is 1. The number of benzene rings is 1. The molecule has 0 spiro atoms. The predicted octanol–water partition coefficient (Wildman–Crippen LogP) is 1.21. The summed E-state index contributed by atoms with van der Waals surface area (Å²) in [6.07, 6.45) is 1.12. The molecule has 104 valence electrons. The lowest BCUT2D eigenvalue weighted by atomic mass is 10.1. The fraction of sp³-hybridized carbons (Fsp3) is 0.429. The SMILES string of the molecule is CCC(CCO)NC(=O)C(=O)Nc1cccc(C)c1. The van der Waals surface area contributed by atoms with Crippen molar-refractivity contribution in [1.82, 2.24) is 5.32 Å². The van der Waals surface area contributed by atoms with E-state index in [-0.39, 0.29) is 12.6 Å². The summed E-state index contributed by atoms with van der Waals surface area (Å²) >= 11 is 0. The Kier molecular flexibility index (Phi) is 6.02. The second kappa shape index (κ2) is 7.53. The summed E-state index contributed by atoms with van der Waals surface area (Å²) in [4.78, 5) is 23.4. The molecule has 0 aliphatic carbocycles. The minimum atomic E-state index is -0.693. The van der Waals surface area contributed by atoms with Gasteiger partial charge in [0.15, 0.2) is 0 Å².